The topological polar surface area (TPSA) is 94.6 Å². The van der Waals surface area contributed by atoms with Crippen molar-refractivity contribution >= 4 is 45.4 Å². The van der Waals surface area contributed by atoms with Crippen LogP contribution in [0.4, 0.5) is 48.9 Å². The molecule has 0 bridgehead atoms. The van der Waals surface area contributed by atoms with Gasteiger partial charge in [0.25, 0.3) is 5.92 Å². The summed E-state index contributed by atoms with van der Waals surface area (Å²) in [4.78, 5) is 45.4. The number of anilines is 3. The van der Waals surface area contributed by atoms with Gasteiger partial charge in [0.1, 0.15) is 23.8 Å². The second-order valence-corrected chi connectivity index (χ2v) is 21.8. The number of hydrogen-bond acceptors (Lipinski definition) is 9. The fourth-order valence-corrected chi connectivity index (χ4v) is 12.2. The lowest BCUT2D eigenvalue weighted by molar-refractivity contribution is -0.137. The third-order valence-corrected chi connectivity index (χ3v) is 15.9. The zero-order valence-electron chi connectivity index (χ0n) is 43.3. The van der Waals surface area contributed by atoms with E-state index in [0.29, 0.717) is 42.0 Å². The summed E-state index contributed by atoms with van der Waals surface area (Å²) in [6, 6.07) is 14.2. The number of carbonyl (C=O) groups is 2. The van der Waals surface area contributed by atoms with Crippen molar-refractivity contribution in [3.8, 4) is 0 Å². The molecule has 3 saturated heterocycles. The molecule has 0 spiro atoms. The number of nitrogens with zero attached hydrogens (tertiary/aromatic N) is 7. The molecule has 2 aromatic carbocycles. The number of aromatic nitrogens is 2. The van der Waals surface area contributed by atoms with Gasteiger partial charge < -0.3 is 24.2 Å². The first-order valence-electron chi connectivity index (χ1n) is 26.2. The van der Waals surface area contributed by atoms with Crippen LogP contribution in [0, 0.1) is 20.8 Å². The minimum atomic E-state index is -4.47. The third kappa shape index (κ3) is 12.5. The van der Waals surface area contributed by atoms with Gasteiger partial charge in [0.05, 0.1) is 49.2 Å². The van der Waals surface area contributed by atoms with Gasteiger partial charge in [-0.3, -0.25) is 9.80 Å². The normalized spacial score (nSPS) is 22.6. The summed E-state index contributed by atoms with van der Waals surface area (Å²) in [7, 11) is 0. The standard InChI is InChI=1S/C30H40F2N4O2.C26H31BrF3N3O2/c1-5-35(25-9-7-6-8-10-25)28-24(16-26(17-33-28)34-12-11-30(31,32)19-34)18-36-22(4)27(38-29(36)37)23-14-20(2)13-21(3)15-23;1-4-32(22-8-6-5-7-9-22)24-19(13-21(27)14-31-24)15-33-17(3)23(35-25(33)34)18-10-16(2)11-20(12-18)26(28,29)30/h13-17,22,25,27H,5-12,18-19H2,1-4H3;10-14,17,22-23H,4-9,15H2,1-3H3/t22-,27-;17-,23-/m00/s1. The lowest BCUT2D eigenvalue weighted by Gasteiger charge is -2.36. The SMILES string of the molecule is CCN(c1ncc(Br)cc1CN1C(=O)O[C@H](c2cc(C)cc(C(F)(F)F)c2)[C@@H]1C)C1CCCCC1.CCN(c1ncc(N2CCC(F)(F)C2)cc1CN1C(=O)O[C@H](c2cc(C)cc(C)c2)[C@@H]1C)C1CCCCC1. The molecule has 9 rings (SSSR count). The van der Waals surface area contributed by atoms with Crippen molar-refractivity contribution in [2.24, 2.45) is 0 Å². The van der Waals surface area contributed by atoms with Crippen LogP contribution in [0.5, 0.6) is 0 Å². The van der Waals surface area contributed by atoms with Crippen molar-refractivity contribution in [1.29, 1.82) is 0 Å². The highest BCUT2D eigenvalue weighted by atomic mass is 79.9. The monoisotopic (exact) mass is 1080 g/mol. The van der Waals surface area contributed by atoms with E-state index in [2.05, 4.69) is 57.8 Å². The molecule has 2 aromatic heterocycles. The Bertz CT molecular complexity index is 2570. The molecule has 3 aliphatic heterocycles. The number of rotatable bonds is 13. The van der Waals surface area contributed by atoms with Gasteiger partial charge in [-0.25, -0.2) is 28.3 Å². The fourth-order valence-electron chi connectivity index (χ4n) is 11.8. The molecule has 11 nitrogen and oxygen atoms in total. The molecule has 4 atom stereocenters. The Morgan fingerprint density at radius 1 is 0.671 bits per heavy atom. The molecular formula is C56H71BrF5N7O4. The van der Waals surface area contributed by atoms with E-state index in [4.69, 9.17) is 19.4 Å². The number of ether oxygens (including phenoxy) is 2. The van der Waals surface area contributed by atoms with E-state index in [1.54, 1.807) is 40.1 Å². The van der Waals surface area contributed by atoms with Crippen LogP contribution in [0.2, 0.25) is 0 Å². The van der Waals surface area contributed by atoms with Gasteiger partial charge in [-0.1, -0.05) is 79.5 Å². The van der Waals surface area contributed by atoms with Crippen molar-refractivity contribution < 1.29 is 41.0 Å². The highest BCUT2D eigenvalue weighted by Gasteiger charge is 2.44. The minimum Gasteiger partial charge on any atom is -0.439 e. The molecule has 2 saturated carbocycles. The summed E-state index contributed by atoms with van der Waals surface area (Å²) in [6.07, 6.45) is 8.60. The largest absolute Gasteiger partial charge is 0.439 e. The number of hydrogen-bond donors (Lipinski definition) is 0. The number of aryl methyl sites for hydroxylation is 3. The van der Waals surface area contributed by atoms with E-state index < -0.39 is 35.9 Å². The van der Waals surface area contributed by atoms with Crippen LogP contribution < -0.4 is 14.7 Å². The maximum atomic E-state index is 14.0. The molecule has 5 aliphatic rings. The molecule has 0 radical (unpaired) electrons. The van der Waals surface area contributed by atoms with Crippen LogP contribution in [0.25, 0.3) is 0 Å². The third-order valence-electron chi connectivity index (χ3n) is 15.4. The molecular weight excluding hydrogens is 1010 g/mol. The quantitative estimate of drug-likeness (QED) is 0.121. The van der Waals surface area contributed by atoms with Crippen LogP contribution in [0.1, 0.15) is 155 Å². The molecule has 5 heterocycles. The van der Waals surface area contributed by atoms with Gasteiger partial charge in [0.15, 0.2) is 0 Å². The highest BCUT2D eigenvalue weighted by molar-refractivity contribution is 9.10. The van der Waals surface area contributed by atoms with Gasteiger partial charge in [-0.05, 0) is 125 Å². The van der Waals surface area contributed by atoms with Gasteiger partial charge in [-0.15, -0.1) is 0 Å². The fraction of sp³-hybridized carbons (Fsp3) is 0.571. The predicted octanol–water partition coefficient (Wildman–Crippen LogP) is 14.2. The molecule has 17 heteroatoms. The van der Waals surface area contributed by atoms with Gasteiger partial charge in [0, 0.05) is 59.9 Å². The number of pyridine rings is 2. The number of cyclic esters (lactones) is 2. The summed E-state index contributed by atoms with van der Waals surface area (Å²) < 4.78 is 80.5. The zero-order chi connectivity index (χ0) is 52.4. The van der Waals surface area contributed by atoms with E-state index in [9.17, 15) is 31.5 Å². The van der Waals surface area contributed by atoms with Crippen molar-refractivity contribution in [1.82, 2.24) is 19.8 Å². The van der Waals surface area contributed by atoms with Crippen LogP contribution >= 0.6 is 15.9 Å². The molecule has 0 unspecified atom stereocenters. The molecule has 73 heavy (non-hydrogen) atoms. The van der Waals surface area contributed by atoms with Crippen molar-refractivity contribution in [2.75, 3.05) is 40.9 Å². The number of halogens is 6. The van der Waals surface area contributed by atoms with E-state index in [-0.39, 0.29) is 37.7 Å². The highest BCUT2D eigenvalue weighted by Crippen LogP contribution is 2.41. The van der Waals surface area contributed by atoms with E-state index in [0.717, 1.165) is 94.8 Å². The molecule has 5 fully saturated rings. The molecule has 0 N–H and O–H groups in total. The van der Waals surface area contributed by atoms with Crippen molar-refractivity contribution in [2.45, 2.75) is 181 Å². The lowest BCUT2D eigenvalue weighted by atomic mass is 9.94. The first-order valence-corrected chi connectivity index (χ1v) is 27.0. The summed E-state index contributed by atoms with van der Waals surface area (Å²) in [6.45, 7) is 16.0. The van der Waals surface area contributed by atoms with Crippen molar-refractivity contribution in [3.05, 3.63) is 110 Å². The van der Waals surface area contributed by atoms with Gasteiger partial charge in [0.2, 0.25) is 0 Å². The first kappa shape index (κ1) is 54.1. The van der Waals surface area contributed by atoms with Gasteiger partial charge >= 0.3 is 18.4 Å². The smallest absolute Gasteiger partial charge is 0.416 e. The Morgan fingerprint density at radius 3 is 1.60 bits per heavy atom. The van der Waals surface area contributed by atoms with Crippen LogP contribution in [-0.2, 0) is 28.7 Å². The number of alkyl halides is 5. The first-order chi connectivity index (χ1) is 34.7. The second kappa shape index (κ2) is 22.7. The van der Waals surface area contributed by atoms with Crippen LogP contribution in [-0.4, -0.2) is 88.2 Å². The second-order valence-electron chi connectivity index (χ2n) is 20.9. The summed E-state index contributed by atoms with van der Waals surface area (Å²) in [5.74, 6) is -0.993. The minimum absolute atomic E-state index is 0.152. The van der Waals surface area contributed by atoms with E-state index in [1.807, 2.05) is 39.8 Å². The molecule has 2 aliphatic carbocycles. The summed E-state index contributed by atoms with van der Waals surface area (Å²) >= 11 is 3.50. The Kier molecular flexibility index (Phi) is 16.8. The zero-order valence-corrected chi connectivity index (χ0v) is 44.9. The Morgan fingerprint density at radius 2 is 1.14 bits per heavy atom. The maximum Gasteiger partial charge on any atom is 0.416 e. The molecule has 2 amide bonds. The summed E-state index contributed by atoms with van der Waals surface area (Å²) in [5, 5.41) is 0. The molecule has 4 aromatic rings. The maximum absolute atomic E-state index is 14.0. The van der Waals surface area contributed by atoms with Crippen LogP contribution in [0.3, 0.4) is 0 Å². The summed E-state index contributed by atoms with van der Waals surface area (Å²) in [5.41, 5.74) is 5.81. The Hall–Kier alpha value is -5.19. The Balaban J connectivity index is 0.000000196. The van der Waals surface area contributed by atoms with Crippen LogP contribution in [0.15, 0.2) is 65.4 Å². The number of carbonyl (C=O) groups excluding carboxylic acids is 2. The average Bonchev–Trinajstić information content (AvgIpc) is 3.96. The average molecular weight is 1080 g/mol. The number of amides is 2. The predicted molar refractivity (Wildman–Crippen MR) is 278 cm³/mol. The lowest BCUT2D eigenvalue weighted by Crippen LogP contribution is -2.39. The van der Waals surface area contributed by atoms with Crippen molar-refractivity contribution in [3.63, 3.8) is 0 Å². The molecule has 396 valence electrons. The Labute approximate surface area is 435 Å². The number of benzene rings is 2. The van der Waals surface area contributed by atoms with E-state index in [1.165, 1.54) is 38.5 Å². The van der Waals surface area contributed by atoms with E-state index >= 15 is 0 Å². The van der Waals surface area contributed by atoms with Gasteiger partial charge in [-0.2, -0.15) is 13.2 Å².